The van der Waals surface area contributed by atoms with Crippen molar-refractivity contribution in [2.45, 2.75) is 13.0 Å². The third-order valence-electron chi connectivity index (χ3n) is 3.62. The van der Waals surface area contributed by atoms with Crippen LogP contribution >= 0.6 is 0 Å². The molecule has 2 rings (SSSR count). The number of methoxy groups -OCH3 is 2. The topological polar surface area (TPSA) is 85.6 Å². The molecule has 1 aromatic heterocycles. The van der Waals surface area contributed by atoms with E-state index in [0.717, 1.165) is 29.3 Å². The molecule has 0 unspecified atom stereocenters. The molecule has 0 fully saturated rings. The van der Waals surface area contributed by atoms with E-state index in [0.29, 0.717) is 19.0 Å². The molecule has 0 atom stereocenters. The number of rotatable bonds is 7. The molecule has 0 saturated heterocycles. The Kier molecular flexibility index (Phi) is 6.41. The predicted octanol–water partition coefficient (Wildman–Crippen LogP) is 0.740. The fraction of sp³-hybridized carbons (Fsp3) is 0.438. The average Bonchev–Trinajstić information content (AvgIpc) is 3.02. The van der Waals surface area contributed by atoms with Gasteiger partial charge >= 0.3 is 0 Å². The van der Waals surface area contributed by atoms with Crippen LogP contribution in [0.25, 0.3) is 0 Å². The van der Waals surface area contributed by atoms with Gasteiger partial charge in [0.05, 0.1) is 20.8 Å². The van der Waals surface area contributed by atoms with Gasteiger partial charge < -0.3 is 20.1 Å². The number of nitrogens with zero attached hydrogens (tertiary/aromatic N) is 4. The quantitative estimate of drug-likeness (QED) is 0.575. The van der Waals surface area contributed by atoms with E-state index in [2.05, 4.69) is 25.7 Å². The van der Waals surface area contributed by atoms with Crippen molar-refractivity contribution in [2.75, 3.05) is 27.8 Å². The molecular weight excluding hydrogens is 308 g/mol. The van der Waals surface area contributed by atoms with Crippen LogP contribution < -0.4 is 20.1 Å². The summed E-state index contributed by atoms with van der Waals surface area (Å²) in [5.41, 5.74) is 1.08. The molecule has 0 saturated carbocycles. The van der Waals surface area contributed by atoms with Gasteiger partial charge in [-0.05, 0) is 30.2 Å². The van der Waals surface area contributed by atoms with Crippen LogP contribution in [-0.2, 0) is 20.0 Å². The Morgan fingerprint density at radius 3 is 2.71 bits per heavy atom. The Morgan fingerprint density at radius 1 is 1.25 bits per heavy atom. The molecule has 2 aromatic rings. The second kappa shape index (κ2) is 8.76. The Labute approximate surface area is 141 Å². The first-order valence-corrected chi connectivity index (χ1v) is 7.66. The molecule has 0 aliphatic rings. The van der Waals surface area contributed by atoms with Gasteiger partial charge in [-0.3, -0.25) is 9.67 Å². The van der Waals surface area contributed by atoms with Crippen molar-refractivity contribution in [1.82, 2.24) is 25.4 Å². The second-order valence-corrected chi connectivity index (χ2v) is 5.08. The van der Waals surface area contributed by atoms with Gasteiger partial charge in [-0.1, -0.05) is 0 Å². The number of nitrogens with one attached hydrogen (secondary N) is 2. The minimum Gasteiger partial charge on any atom is -0.497 e. The molecule has 0 spiro atoms. The van der Waals surface area contributed by atoms with E-state index in [9.17, 15) is 0 Å². The summed E-state index contributed by atoms with van der Waals surface area (Å²) in [6.07, 6.45) is 2.31. The summed E-state index contributed by atoms with van der Waals surface area (Å²) in [5.74, 6) is 3.21. The van der Waals surface area contributed by atoms with Gasteiger partial charge in [0.25, 0.3) is 0 Å². The fourth-order valence-corrected chi connectivity index (χ4v) is 2.26. The fourth-order valence-electron chi connectivity index (χ4n) is 2.26. The molecule has 130 valence electrons. The van der Waals surface area contributed by atoms with Crippen molar-refractivity contribution in [3.8, 4) is 11.5 Å². The zero-order chi connectivity index (χ0) is 17.4. The number of hydrogen-bond acceptors (Lipinski definition) is 5. The highest BCUT2D eigenvalue weighted by Crippen LogP contribution is 2.24. The second-order valence-electron chi connectivity index (χ2n) is 5.08. The van der Waals surface area contributed by atoms with Gasteiger partial charge in [0.2, 0.25) is 0 Å². The largest absolute Gasteiger partial charge is 0.497 e. The molecule has 1 heterocycles. The highest BCUT2D eigenvalue weighted by molar-refractivity contribution is 5.79. The highest BCUT2D eigenvalue weighted by atomic mass is 16.5. The first kappa shape index (κ1) is 17.6. The van der Waals surface area contributed by atoms with Crippen LogP contribution in [0.1, 0.15) is 11.4 Å². The molecule has 0 aliphatic carbocycles. The third-order valence-corrected chi connectivity index (χ3v) is 3.62. The van der Waals surface area contributed by atoms with Gasteiger partial charge in [-0.15, -0.1) is 0 Å². The van der Waals surface area contributed by atoms with Crippen molar-refractivity contribution in [2.24, 2.45) is 12.0 Å². The smallest absolute Gasteiger partial charge is 0.191 e. The lowest BCUT2D eigenvalue weighted by molar-refractivity contribution is 0.398. The van der Waals surface area contributed by atoms with Gasteiger partial charge in [0.1, 0.15) is 23.7 Å². The SMILES string of the molecule is CN=C(NCCc1cc(OC)ccc1OC)NCc1ncnn1C. The summed E-state index contributed by atoms with van der Waals surface area (Å²) in [6, 6.07) is 5.78. The first-order valence-electron chi connectivity index (χ1n) is 7.66. The molecule has 0 bridgehead atoms. The highest BCUT2D eigenvalue weighted by Gasteiger charge is 2.06. The minimum absolute atomic E-state index is 0.554. The summed E-state index contributed by atoms with van der Waals surface area (Å²) in [5, 5.41) is 10.5. The summed E-state index contributed by atoms with van der Waals surface area (Å²) >= 11 is 0. The molecule has 0 amide bonds. The average molecular weight is 332 g/mol. The molecule has 0 radical (unpaired) electrons. The molecule has 24 heavy (non-hydrogen) atoms. The van der Waals surface area contributed by atoms with Crippen LogP contribution in [-0.4, -0.2) is 48.5 Å². The van der Waals surface area contributed by atoms with E-state index in [-0.39, 0.29) is 0 Å². The van der Waals surface area contributed by atoms with E-state index in [1.165, 1.54) is 6.33 Å². The van der Waals surface area contributed by atoms with E-state index >= 15 is 0 Å². The number of aryl methyl sites for hydroxylation is 1. The molecular formula is C16H24N6O2. The maximum Gasteiger partial charge on any atom is 0.191 e. The van der Waals surface area contributed by atoms with Crippen LogP contribution in [0.15, 0.2) is 29.5 Å². The van der Waals surface area contributed by atoms with Gasteiger partial charge in [0, 0.05) is 20.6 Å². The number of hydrogen-bond donors (Lipinski definition) is 2. The van der Waals surface area contributed by atoms with Crippen LogP contribution in [0.4, 0.5) is 0 Å². The van der Waals surface area contributed by atoms with E-state index in [1.54, 1.807) is 25.9 Å². The van der Waals surface area contributed by atoms with E-state index in [4.69, 9.17) is 9.47 Å². The molecule has 2 N–H and O–H groups in total. The van der Waals surface area contributed by atoms with Crippen LogP contribution in [0.5, 0.6) is 11.5 Å². The maximum atomic E-state index is 5.39. The van der Waals surface area contributed by atoms with Gasteiger partial charge in [-0.2, -0.15) is 5.10 Å². The minimum atomic E-state index is 0.554. The summed E-state index contributed by atoms with van der Waals surface area (Å²) in [7, 11) is 6.91. The monoisotopic (exact) mass is 332 g/mol. The number of aromatic nitrogens is 3. The van der Waals surface area contributed by atoms with Crippen molar-refractivity contribution >= 4 is 5.96 Å². The lowest BCUT2D eigenvalue weighted by Gasteiger charge is -2.13. The first-order chi connectivity index (χ1) is 11.7. The lowest BCUT2D eigenvalue weighted by atomic mass is 10.1. The maximum absolute atomic E-state index is 5.39. The Hall–Kier alpha value is -2.77. The van der Waals surface area contributed by atoms with E-state index in [1.807, 2.05) is 25.2 Å². The normalized spacial score (nSPS) is 11.2. The van der Waals surface area contributed by atoms with Crippen LogP contribution in [0, 0.1) is 0 Å². The number of guanidine groups is 1. The standard InChI is InChI=1S/C16H24N6O2/c1-17-16(19-10-15-20-11-21-22(15)2)18-8-7-12-9-13(23-3)5-6-14(12)24-4/h5-6,9,11H,7-8,10H2,1-4H3,(H2,17,18,19). The summed E-state index contributed by atoms with van der Waals surface area (Å²) < 4.78 is 12.4. The molecule has 1 aromatic carbocycles. The molecule has 8 nitrogen and oxygen atoms in total. The van der Waals surface area contributed by atoms with Gasteiger partial charge in [0.15, 0.2) is 5.96 Å². The Morgan fingerprint density at radius 2 is 2.08 bits per heavy atom. The van der Waals surface area contributed by atoms with Crippen LogP contribution in [0.3, 0.4) is 0 Å². The van der Waals surface area contributed by atoms with Crippen molar-refractivity contribution < 1.29 is 9.47 Å². The summed E-state index contributed by atoms with van der Waals surface area (Å²) in [6.45, 7) is 1.26. The Balaban J connectivity index is 1.87. The number of benzene rings is 1. The predicted molar refractivity (Wildman–Crippen MR) is 92.5 cm³/mol. The molecule has 0 aliphatic heterocycles. The van der Waals surface area contributed by atoms with Crippen molar-refractivity contribution in [3.05, 3.63) is 35.9 Å². The van der Waals surface area contributed by atoms with Crippen molar-refractivity contribution in [3.63, 3.8) is 0 Å². The zero-order valence-electron chi connectivity index (χ0n) is 14.5. The lowest BCUT2D eigenvalue weighted by Crippen LogP contribution is -2.38. The third kappa shape index (κ3) is 4.61. The zero-order valence-corrected chi connectivity index (χ0v) is 14.5. The number of ether oxygens (including phenoxy) is 2. The van der Waals surface area contributed by atoms with Crippen LogP contribution in [0.2, 0.25) is 0 Å². The van der Waals surface area contributed by atoms with E-state index < -0.39 is 0 Å². The van der Waals surface area contributed by atoms with Crippen molar-refractivity contribution in [1.29, 1.82) is 0 Å². The molecule has 8 heteroatoms. The Bertz CT molecular complexity index is 683. The number of aliphatic imine (C=N–C) groups is 1. The van der Waals surface area contributed by atoms with Gasteiger partial charge in [-0.25, -0.2) is 4.98 Å². The summed E-state index contributed by atoms with van der Waals surface area (Å²) in [4.78, 5) is 8.37.